The Morgan fingerprint density at radius 2 is 1.82 bits per heavy atom. The van der Waals surface area contributed by atoms with Crippen LogP contribution < -0.4 is 0 Å². The van der Waals surface area contributed by atoms with Gasteiger partial charge in [0.1, 0.15) is 36.3 Å². The first kappa shape index (κ1) is 27.9. The van der Waals surface area contributed by atoms with E-state index in [4.69, 9.17) is 24.9 Å². The number of benzene rings is 2. The molecule has 5 rings (SSSR count). The second kappa shape index (κ2) is 11.5. The number of hydrogen-bond donors (Lipinski definition) is 3. The van der Waals surface area contributed by atoms with E-state index < -0.39 is 47.2 Å². The van der Waals surface area contributed by atoms with E-state index in [1.165, 1.54) is 23.5 Å². The van der Waals surface area contributed by atoms with Gasteiger partial charge in [0.15, 0.2) is 0 Å². The van der Waals surface area contributed by atoms with E-state index in [1.54, 1.807) is 48.9 Å². The van der Waals surface area contributed by atoms with Gasteiger partial charge < -0.3 is 24.5 Å². The molecule has 0 radical (unpaired) electrons. The van der Waals surface area contributed by atoms with Gasteiger partial charge in [-0.1, -0.05) is 41.4 Å². The molecule has 0 bridgehead atoms. The van der Waals surface area contributed by atoms with Gasteiger partial charge in [0, 0.05) is 17.6 Å². The number of thiazole rings is 1. The highest BCUT2D eigenvalue weighted by molar-refractivity contribution is 7.86. The Morgan fingerprint density at radius 3 is 2.54 bits per heavy atom. The molecule has 3 N–H and O–H groups in total. The third kappa shape index (κ3) is 6.11. The Hall–Kier alpha value is -2.61. The molecule has 5 unspecified atom stereocenters. The molecule has 3 heterocycles. The lowest BCUT2D eigenvalue weighted by atomic mass is 9.90. The lowest BCUT2D eigenvalue weighted by molar-refractivity contribution is -0.229. The number of rotatable bonds is 8. The molecule has 4 aromatic rings. The Bertz CT molecular complexity index is 1520. The molecule has 2 aromatic carbocycles. The predicted molar refractivity (Wildman–Crippen MR) is 144 cm³/mol. The van der Waals surface area contributed by atoms with E-state index in [0.29, 0.717) is 28.3 Å². The molecular formula is C27H26ClNO8S2. The molecular weight excluding hydrogens is 566 g/mol. The summed E-state index contributed by atoms with van der Waals surface area (Å²) in [7, 11) is -4.14. The number of furan rings is 1. The minimum atomic E-state index is -4.14. The SMILES string of the molecule is Cc1ccc(S(=O)(=O)OCC2OC(c3ccc(Cl)c(Cc4ncc(-c5ccco5)s4)c3)C(O)C(O)C2O)cc1. The van der Waals surface area contributed by atoms with Crippen LogP contribution in [0, 0.1) is 6.92 Å². The number of aliphatic hydroxyl groups excluding tert-OH is 3. The van der Waals surface area contributed by atoms with Crippen molar-refractivity contribution in [2.24, 2.45) is 0 Å². The Kier molecular flexibility index (Phi) is 8.22. The van der Waals surface area contributed by atoms with Crippen LogP contribution in [0.25, 0.3) is 10.6 Å². The van der Waals surface area contributed by atoms with Crippen LogP contribution in [0.5, 0.6) is 0 Å². The summed E-state index contributed by atoms with van der Waals surface area (Å²) < 4.78 is 41.7. The molecule has 5 atom stereocenters. The number of nitrogens with zero attached hydrogens (tertiary/aromatic N) is 1. The van der Waals surface area contributed by atoms with E-state index in [0.717, 1.165) is 15.4 Å². The maximum atomic E-state index is 12.6. The zero-order chi connectivity index (χ0) is 27.7. The normalized spacial score (nSPS) is 23.7. The van der Waals surface area contributed by atoms with Crippen molar-refractivity contribution in [3.8, 4) is 10.6 Å². The second-order valence-electron chi connectivity index (χ2n) is 9.24. The second-order valence-corrected chi connectivity index (χ2v) is 12.4. The van der Waals surface area contributed by atoms with Crippen molar-refractivity contribution in [1.29, 1.82) is 0 Å². The number of aromatic nitrogens is 1. The van der Waals surface area contributed by atoms with E-state index in [-0.39, 0.29) is 4.90 Å². The average Bonchev–Trinajstić information content (AvgIpc) is 3.61. The van der Waals surface area contributed by atoms with Gasteiger partial charge in [0.05, 0.1) is 27.7 Å². The van der Waals surface area contributed by atoms with Gasteiger partial charge in [-0.2, -0.15) is 8.42 Å². The fourth-order valence-electron chi connectivity index (χ4n) is 4.29. The van der Waals surface area contributed by atoms with Crippen molar-refractivity contribution >= 4 is 33.1 Å². The zero-order valence-corrected chi connectivity index (χ0v) is 23.1. The van der Waals surface area contributed by atoms with Crippen LogP contribution >= 0.6 is 22.9 Å². The third-order valence-electron chi connectivity index (χ3n) is 6.47. The van der Waals surface area contributed by atoms with Crippen molar-refractivity contribution in [1.82, 2.24) is 4.98 Å². The minimum absolute atomic E-state index is 0.0460. The fourth-order valence-corrected chi connectivity index (χ4v) is 6.30. The summed E-state index contributed by atoms with van der Waals surface area (Å²) in [5.74, 6) is 0.711. The molecule has 0 amide bonds. The first-order valence-electron chi connectivity index (χ1n) is 12.0. The lowest BCUT2D eigenvalue weighted by Crippen LogP contribution is -2.55. The number of hydrogen-bond acceptors (Lipinski definition) is 10. The van der Waals surface area contributed by atoms with Gasteiger partial charge in [0.25, 0.3) is 10.1 Å². The number of aryl methyl sites for hydroxylation is 1. The molecule has 1 fully saturated rings. The van der Waals surface area contributed by atoms with Crippen molar-refractivity contribution in [3.05, 3.63) is 93.8 Å². The molecule has 0 spiro atoms. The maximum Gasteiger partial charge on any atom is 0.297 e. The average molecular weight is 592 g/mol. The third-order valence-corrected chi connectivity index (χ3v) is 9.14. The maximum absolute atomic E-state index is 12.6. The molecule has 1 aliphatic heterocycles. The van der Waals surface area contributed by atoms with Gasteiger partial charge >= 0.3 is 0 Å². The van der Waals surface area contributed by atoms with Crippen LogP contribution in [-0.4, -0.2) is 59.7 Å². The molecule has 0 aliphatic carbocycles. The smallest absolute Gasteiger partial charge is 0.297 e. The molecule has 1 saturated heterocycles. The van der Waals surface area contributed by atoms with Crippen LogP contribution in [0.2, 0.25) is 5.02 Å². The van der Waals surface area contributed by atoms with Crippen LogP contribution in [0.1, 0.15) is 27.8 Å². The Balaban J connectivity index is 1.33. The van der Waals surface area contributed by atoms with E-state index >= 15 is 0 Å². The number of ether oxygens (including phenoxy) is 1. The highest BCUT2D eigenvalue weighted by Gasteiger charge is 2.45. The number of halogens is 1. The highest BCUT2D eigenvalue weighted by atomic mass is 35.5. The predicted octanol–water partition coefficient (Wildman–Crippen LogP) is 3.88. The van der Waals surface area contributed by atoms with Crippen LogP contribution in [0.3, 0.4) is 0 Å². The van der Waals surface area contributed by atoms with Crippen LogP contribution in [0.15, 0.2) is 76.4 Å². The van der Waals surface area contributed by atoms with Crippen molar-refractivity contribution in [2.75, 3.05) is 6.61 Å². The largest absolute Gasteiger partial charge is 0.463 e. The summed E-state index contributed by atoms with van der Waals surface area (Å²) in [6.07, 6.45) is -3.27. The molecule has 206 valence electrons. The van der Waals surface area contributed by atoms with Crippen LogP contribution in [0.4, 0.5) is 0 Å². The Labute approximate surface area is 234 Å². The van der Waals surface area contributed by atoms with E-state index in [1.807, 2.05) is 13.0 Å². The summed E-state index contributed by atoms with van der Waals surface area (Å²) in [6, 6.07) is 14.8. The molecule has 0 saturated carbocycles. The first-order chi connectivity index (χ1) is 18.6. The van der Waals surface area contributed by atoms with Crippen molar-refractivity contribution in [2.45, 2.75) is 48.8 Å². The summed E-state index contributed by atoms with van der Waals surface area (Å²) in [4.78, 5) is 5.27. The fraction of sp³-hybridized carbons (Fsp3) is 0.296. The standard InChI is InChI=1S/C27H26ClNO8S2/c1-15-4-7-18(8-5-15)39(33,34)36-14-21-24(30)25(31)26(32)27(37-21)16-6-9-19(28)17(11-16)12-23-29-13-22(38-23)20-3-2-10-35-20/h2-11,13,21,24-27,30-32H,12,14H2,1H3. The molecule has 12 heteroatoms. The highest BCUT2D eigenvalue weighted by Crippen LogP contribution is 2.36. The summed E-state index contributed by atoms with van der Waals surface area (Å²) >= 11 is 7.91. The summed E-state index contributed by atoms with van der Waals surface area (Å²) in [6.45, 7) is 1.26. The van der Waals surface area contributed by atoms with Gasteiger partial charge in [-0.05, 0) is 48.4 Å². The monoisotopic (exact) mass is 591 g/mol. The van der Waals surface area contributed by atoms with Gasteiger partial charge in [0.2, 0.25) is 0 Å². The Morgan fingerprint density at radius 1 is 1.05 bits per heavy atom. The minimum Gasteiger partial charge on any atom is -0.463 e. The molecule has 1 aliphatic rings. The topological polar surface area (TPSA) is 139 Å². The molecule has 2 aromatic heterocycles. The first-order valence-corrected chi connectivity index (χ1v) is 14.7. The van der Waals surface area contributed by atoms with Gasteiger partial charge in [-0.3, -0.25) is 4.18 Å². The quantitative estimate of drug-likeness (QED) is 0.260. The van der Waals surface area contributed by atoms with E-state index in [2.05, 4.69) is 4.98 Å². The number of aliphatic hydroxyl groups is 3. The van der Waals surface area contributed by atoms with Crippen LogP contribution in [-0.2, 0) is 25.5 Å². The molecule has 39 heavy (non-hydrogen) atoms. The van der Waals surface area contributed by atoms with Gasteiger partial charge in [-0.25, -0.2) is 4.98 Å². The summed E-state index contributed by atoms with van der Waals surface area (Å²) in [5, 5.41) is 33.0. The van der Waals surface area contributed by atoms with Crippen molar-refractivity contribution < 1.29 is 37.1 Å². The van der Waals surface area contributed by atoms with Gasteiger partial charge in [-0.15, -0.1) is 11.3 Å². The molecule has 9 nitrogen and oxygen atoms in total. The lowest BCUT2D eigenvalue weighted by Gasteiger charge is -2.40. The van der Waals surface area contributed by atoms with Crippen molar-refractivity contribution in [3.63, 3.8) is 0 Å². The summed E-state index contributed by atoms with van der Waals surface area (Å²) in [5.41, 5.74) is 2.08. The van der Waals surface area contributed by atoms with E-state index in [9.17, 15) is 23.7 Å². The zero-order valence-electron chi connectivity index (χ0n) is 20.7.